The van der Waals surface area contributed by atoms with Gasteiger partial charge >= 0.3 is 0 Å². The van der Waals surface area contributed by atoms with Crippen molar-refractivity contribution in [2.24, 2.45) is 0 Å². The Labute approximate surface area is 375 Å². The first kappa shape index (κ1) is 34.4. The van der Waals surface area contributed by atoms with Gasteiger partial charge in [0, 0.05) is 55.5 Å². The molecule has 6 aromatic heterocycles. The summed E-state index contributed by atoms with van der Waals surface area (Å²) in [7, 11) is 0. The molecule has 2 spiro atoms. The third-order valence-electron chi connectivity index (χ3n) is 14.9. The van der Waals surface area contributed by atoms with E-state index in [9.17, 15) is 0 Å². The average Bonchev–Trinajstić information content (AvgIpc) is 4.14. The summed E-state index contributed by atoms with van der Waals surface area (Å²) in [6.45, 7) is 0. The van der Waals surface area contributed by atoms with E-state index in [2.05, 4.69) is 162 Å². The van der Waals surface area contributed by atoms with Crippen molar-refractivity contribution in [2.75, 3.05) is 0 Å². The van der Waals surface area contributed by atoms with Crippen LogP contribution in [0.2, 0.25) is 0 Å². The molecule has 16 rings (SSSR count). The molecule has 4 aliphatic rings. The molecule has 12 aromatic rings. The summed E-state index contributed by atoms with van der Waals surface area (Å²) in [6, 6.07) is 59.9. The number of rotatable bonds is 1. The molecule has 1 unspecified atom stereocenters. The number of furan rings is 1. The summed E-state index contributed by atoms with van der Waals surface area (Å²) >= 11 is 1.86. The van der Waals surface area contributed by atoms with Crippen LogP contribution < -0.4 is 0 Å². The lowest BCUT2D eigenvalue weighted by Crippen LogP contribution is -2.33. The molecular formula is C58H31N5OS. The van der Waals surface area contributed by atoms with E-state index in [1.165, 1.54) is 59.7 Å². The zero-order valence-corrected chi connectivity index (χ0v) is 35.3. The Kier molecular flexibility index (Phi) is 6.29. The summed E-state index contributed by atoms with van der Waals surface area (Å²) in [5, 5.41) is 4.51. The molecule has 6 nitrogen and oxygen atoms in total. The zero-order chi connectivity index (χ0) is 42.2. The second-order valence-electron chi connectivity index (χ2n) is 17.6. The minimum Gasteiger partial charge on any atom is -0.454 e. The normalized spacial score (nSPS) is 16.4. The molecule has 3 aliphatic carbocycles. The molecule has 7 heterocycles. The Bertz CT molecular complexity index is 4100. The van der Waals surface area contributed by atoms with E-state index in [0.717, 1.165) is 77.9 Å². The molecule has 0 bridgehead atoms. The minimum atomic E-state index is -0.735. The van der Waals surface area contributed by atoms with Gasteiger partial charge in [-0.15, -0.1) is 0 Å². The van der Waals surface area contributed by atoms with Crippen molar-refractivity contribution < 1.29 is 4.42 Å². The topological polar surface area (TPSA) is 69.6 Å². The quantitative estimate of drug-likeness (QED) is 0.164. The maximum absolute atomic E-state index is 6.80. The molecule has 6 aromatic carbocycles. The van der Waals surface area contributed by atoms with Gasteiger partial charge < -0.3 is 8.98 Å². The van der Waals surface area contributed by atoms with Crippen molar-refractivity contribution in [3.05, 3.63) is 233 Å². The van der Waals surface area contributed by atoms with Gasteiger partial charge in [0.2, 0.25) is 0 Å². The predicted octanol–water partition coefficient (Wildman–Crippen LogP) is 13.4. The summed E-state index contributed by atoms with van der Waals surface area (Å²) in [5.41, 5.74) is 19.3. The standard InChI is InChI=1S/C58H31N5OS/c1-4-15-39-33(12-1)38-29-45-50(30-44(38)57(39)41-17-9-25-59-51(41)52-42(57)18-10-26-60-52)65-49-22-8-5-16-40(49)58(45)43-19-11-27-61-53(43)54-46(58)28-32(31-62-54)63-47-20-6-2-13-34(47)36-23-24-37-35-14-3-7-21-48(35)64-56(37)55(36)63/h1-31H. The van der Waals surface area contributed by atoms with E-state index in [1.807, 2.05) is 42.6 Å². The molecule has 1 aliphatic heterocycles. The monoisotopic (exact) mass is 845 g/mol. The first-order valence-electron chi connectivity index (χ1n) is 22.0. The van der Waals surface area contributed by atoms with Crippen LogP contribution in [0.3, 0.4) is 0 Å². The Balaban J connectivity index is 1.03. The van der Waals surface area contributed by atoms with E-state index in [4.69, 9.17) is 24.4 Å². The first-order valence-corrected chi connectivity index (χ1v) is 22.8. The lowest BCUT2D eigenvalue weighted by molar-refractivity contribution is 0.671. The van der Waals surface area contributed by atoms with Gasteiger partial charge in [-0.3, -0.25) is 19.9 Å². The number of para-hydroxylation sites is 2. The summed E-state index contributed by atoms with van der Waals surface area (Å²) in [6.07, 6.45) is 7.73. The van der Waals surface area contributed by atoms with E-state index in [-0.39, 0.29) is 0 Å². The Morgan fingerprint density at radius 1 is 0.415 bits per heavy atom. The van der Waals surface area contributed by atoms with Gasteiger partial charge in [0.05, 0.1) is 56.5 Å². The molecular weight excluding hydrogens is 815 g/mol. The van der Waals surface area contributed by atoms with Crippen molar-refractivity contribution in [1.29, 1.82) is 0 Å². The highest BCUT2D eigenvalue weighted by molar-refractivity contribution is 7.99. The summed E-state index contributed by atoms with van der Waals surface area (Å²) in [4.78, 5) is 23.1. The molecule has 0 fully saturated rings. The van der Waals surface area contributed by atoms with E-state index in [1.54, 1.807) is 0 Å². The van der Waals surface area contributed by atoms with Gasteiger partial charge in [0.15, 0.2) is 5.58 Å². The second kappa shape index (κ2) is 11.9. The molecule has 0 saturated carbocycles. The number of hydrogen-bond donors (Lipinski definition) is 0. The van der Waals surface area contributed by atoms with Crippen LogP contribution in [-0.2, 0) is 10.8 Å². The Morgan fingerprint density at radius 2 is 1.03 bits per heavy atom. The van der Waals surface area contributed by atoms with Crippen LogP contribution >= 0.6 is 11.8 Å². The van der Waals surface area contributed by atoms with Crippen LogP contribution in [0, 0.1) is 0 Å². The highest BCUT2D eigenvalue weighted by Crippen LogP contribution is 2.67. The smallest absolute Gasteiger partial charge is 0.160 e. The maximum Gasteiger partial charge on any atom is 0.160 e. The fraction of sp³-hybridized carbons (Fsp3) is 0.0345. The fourth-order valence-electron chi connectivity index (χ4n) is 12.5. The van der Waals surface area contributed by atoms with Crippen LogP contribution in [-0.4, -0.2) is 24.5 Å². The Hall–Kier alpha value is -8.13. The molecule has 1 atom stereocenters. The van der Waals surface area contributed by atoms with Gasteiger partial charge in [0.25, 0.3) is 0 Å². The van der Waals surface area contributed by atoms with Crippen LogP contribution in [0.1, 0.15) is 44.5 Å². The number of aromatic nitrogens is 5. The number of fused-ring (bicyclic) bond motifs is 26. The van der Waals surface area contributed by atoms with Crippen molar-refractivity contribution in [3.8, 4) is 39.6 Å². The maximum atomic E-state index is 6.80. The van der Waals surface area contributed by atoms with Crippen LogP contribution in [0.15, 0.2) is 203 Å². The second-order valence-corrected chi connectivity index (χ2v) is 18.7. The van der Waals surface area contributed by atoms with Gasteiger partial charge in [-0.1, -0.05) is 115 Å². The number of hydrogen-bond acceptors (Lipinski definition) is 6. The van der Waals surface area contributed by atoms with Crippen LogP contribution in [0.25, 0.3) is 83.3 Å². The van der Waals surface area contributed by atoms with Gasteiger partial charge in [-0.25, -0.2) is 0 Å². The lowest BCUT2D eigenvalue weighted by atomic mass is 9.66. The van der Waals surface area contributed by atoms with Gasteiger partial charge in [-0.2, -0.15) is 0 Å². The van der Waals surface area contributed by atoms with Crippen molar-refractivity contribution in [3.63, 3.8) is 0 Å². The number of pyridine rings is 4. The fourth-order valence-corrected chi connectivity index (χ4v) is 13.7. The van der Waals surface area contributed by atoms with Gasteiger partial charge in [-0.05, 0) is 111 Å². The summed E-state index contributed by atoms with van der Waals surface area (Å²) < 4.78 is 9.17. The first-order chi connectivity index (χ1) is 32.2. The van der Waals surface area contributed by atoms with E-state index < -0.39 is 10.8 Å². The molecule has 7 heteroatoms. The molecule has 0 radical (unpaired) electrons. The van der Waals surface area contributed by atoms with E-state index >= 15 is 0 Å². The summed E-state index contributed by atoms with van der Waals surface area (Å²) in [5.74, 6) is 0. The highest BCUT2D eigenvalue weighted by Gasteiger charge is 2.56. The molecule has 0 N–H and O–H groups in total. The van der Waals surface area contributed by atoms with Crippen molar-refractivity contribution in [2.45, 2.75) is 20.6 Å². The van der Waals surface area contributed by atoms with Crippen LogP contribution in [0.4, 0.5) is 0 Å². The van der Waals surface area contributed by atoms with Crippen molar-refractivity contribution in [1.82, 2.24) is 24.5 Å². The van der Waals surface area contributed by atoms with E-state index in [0.29, 0.717) is 0 Å². The third kappa shape index (κ3) is 3.94. The predicted molar refractivity (Wildman–Crippen MR) is 257 cm³/mol. The van der Waals surface area contributed by atoms with Gasteiger partial charge in [0.1, 0.15) is 5.58 Å². The minimum absolute atomic E-state index is 0.570. The molecule has 300 valence electrons. The molecule has 0 amide bonds. The Morgan fingerprint density at radius 3 is 1.82 bits per heavy atom. The number of benzene rings is 6. The lowest BCUT2D eigenvalue weighted by Gasteiger charge is -2.40. The third-order valence-corrected chi connectivity index (χ3v) is 16.0. The SMILES string of the molecule is c1ccc2c(c1)Sc1cc3c(cc1C21c2cccnc2-c2ncc(-n4c5ccccc5c5ccc6c7ccccc7oc6c54)cc21)-c1ccccc1C31c2cccnc2-c2ncccc21. The zero-order valence-electron chi connectivity index (χ0n) is 34.5. The highest BCUT2D eigenvalue weighted by atomic mass is 32.2. The van der Waals surface area contributed by atoms with Crippen molar-refractivity contribution >= 4 is 55.5 Å². The average molecular weight is 846 g/mol. The molecule has 0 saturated heterocycles. The number of nitrogens with zero attached hydrogens (tertiary/aromatic N) is 5. The van der Waals surface area contributed by atoms with Crippen LogP contribution in [0.5, 0.6) is 0 Å². The largest absolute Gasteiger partial charge is 0.454 e. The molecule has 65 heavy (non-hydrogen) atoms.